The van der Waals surface area contributed by atoms with Gasteiger partial charge in [-0.25, -0.2) is 8.78 Å². The van der Waals surface area contributed by atoms with Crippen LogP contribution in [-0.4, -0.2) is 5.67 Å². The lowest BCUT2D eigenvalue weighted by Crippen LogP contribution is -2.46. The molecule has 0 aromatic rings. The number of halogens is 2. The van der Waals surface area contributed by atoms with Gasteiger partial charge in [0, 0.05) is 5.41 Å². The van der Waals surface area contributed by atoms with Crippen molar-refractivity contribution in [2.45, 2.75) is 96.1 Å². The molecule has 0 N–H and O–H groups in total. The smallest absolute Gasteiger partial charge is 0.185 e. The molecule has 1 unspecified atom stereocenters. The van der Waals surface area contributed by atoms with E-state index in [0.717, 1.165) is 50.4 Å². The van der Waals surface area contributed by atoms with Gasteiger partial charge in [0.25, 0.3) is 0 Å². The fourth-order valence-electron chi connectivity index (χ4n) is 5.49. The highest BCUT2D eigenvalue weighted by Gasteiger charge is 2.54. The van der Waals surface area contributed by atoms with Gasteiger partial charge in [0.1, 0.15) is 5.83 Å². The van der Waals surface area contributed by atoms with E-state index in [-0.39, 0.29) is 0 Å². The van der Waals surface area contributed by atoms with Crippen molar-refractivity contribution in [1.29, 1.82) is 0 Å². The van der Waals surface area contributed by atoms with Crippen LogP contribution in [0.1, 0.15) is 90.4 Å². The van der Waals surface area contributed by atoms with Crippen molar-refractivity contribution in [1.82, 2.24) is 0 Å². The molecule has 0 spiro atoms. The molecule has 3 rings (SSSR count). The SMILES string of the molecule is CCC1CCC(CCC2(C3(F)C=CCC=C3F)CCCCC2)CC1. The van der Waals surface area contributed by atoms with E-state index < -0.39 is 16.9 Å². The summed E-state index contributed by atoms with van der Waals surface area (Å²) >= 11 is 0. The summed E-state index contributed by atoms with van der Waals surface area (Å²) in [6.07, 6.45) is 18.9. The normalized spacial score (nSPS) is 36.4. The molecule has 24 heavy (non-hydrogen) atoms. The molecule has 3 aliphatic rings. The van der Waals surface area contributed by atoms with Crippen LogP contribution >= 0.6 is 0 Å². The van der Waals surface area contributed by atoms with Crippen LogP contribution in [0.3, 0.4) is 0 Å². The van der Waals surface area contributed by atoms with Crippen molar-refractivity contribution < 1.29 is 8.78 Å². The number of alkyl halides is 1. The van der Waals surface area contributed by atoms with Crippen molar-refractivity contribution in [3.8, 4) is 0 Å². The minimum Gasteiger partial charge on any atom is -0.231 e. The first kappa shape index (κ1) is 18.1. The van der Waals surface area contributed by atoms with Gasteiger partial charge in [-0.1, -0.05) is 64.4 Å². The van der Waals surface area contributed by atoms with Gasteiger partial charge >= 0.3 is 0 Å². The Hall–Kier alpha value is -0.660. The van der Waals surface area contributed by atoms with Gasteiger partial charge in [-0.3, -0.25) is 0 Å². The highest BCUT2D eigenvalue weighted by Crippen LogP contribution is 2.56. The lowest BCUT2D eigenvalue weighted by molar-refractivity contribution is -0.00462. The number of hydrogen-bond donors (Lipinski definition) is 0. The van der Waals surface area contributed by atoms with Crippen LogP contribution in [0.15, 0.2) is 24.1 Å². The summed E-state index contributed by atoms with van der Waals surface area (Å²) in [5.74, 6) is 1.12. The molecule has 2 saturated carbocycles. The van der Waals surface area contributed by atoms with Crippen molar-refractivity contribution in [2.24, 2.45) is 17.3 Å². The summed E-state index contributed by atoms with van der Waals surface area (Å²) in [5, 5.41) is 0. The summed E-state index contributed by atoms with van der Waals surface area (Å²) in [7, 11) is 0. The largest absolute Gasteiger partial charge is 0.231 e. The van der Waals surface area contributed by atoms with E-state index in [1.807, 2.05) is 6.08 Å². The Kier molecular flexibility index (Phi) is 5.82. The fraction of sp³-hybridized carbons (Fsp3) is 0.818. The minimum atomic E-state index is -1.84. The Morgan fingerprint density at radius 3 is 2.33 bits per heavy atom. The Labute approximate surface area is 146 Å². The summed E-state index contributed by atoms with van der Waals surface area (Å²) < 4.78 is 30.4. The molecule has 1 atom stereocenters. The maximum absolute atomic E-state index is 15.8. The first-order valence-electron chi connectivity index (χ1n) is 10.3. The summed E-state index contributed by atoms with van der Waals surface area (Å²) in [4.78, 5) is 0. The third kappa shape index (κ3) is 3.48. The number of allylic oxidation sites excluding steroid dienone is 4. The molecule has 0 heterocycles. The molecule has 0 aromatic heterocycles. The molecule has 0 nitrogen and oxygen atoms in total. The Morgan fingerprint density at radius 2 is 1.71 bits per heavy atom. The molecule has 0 radical (unpaired) electrons. The van der Waals surface area contributed by atoms with Gasteiger partial charge in [0.15, 0.2) is 5.67 Å². The minimum absolute atomic E-state index is 0.496. The van der Waals surface area contributed by atoms with Gasteiger partial charge < -0.3 is 0 Å². The molecule has 0 aliphatic heterocycles. The third-order valence-corrected chi connectivity index (χ3v) is 7.29. The van der Waals surface area contributed by atoms with Gasteiger partial charge in [-0.05, 0) is 56.1 Å². The van der Waals surface area contributed by atoms with Crippen LogP contribution in [-0.2, 0) is 0 Å². The lowest BCUT2D eigenvalue weighted by Gasteiger charge is -2.47. The topological polar surface area (TPSA) is 0 Å². The number of hydrogen-bond acceptors (Lipinski definition) is 0. The van der Waals surface area contributed by atoms with Crippen LogP contribution < -0.4 is 0 Å². The van der Waals surface area contributed by atoms with Gasteiger partial charge in [0.05, 0.1) is 0 Å². The van der Waals surface area contributed by atoms with E-state index in [1.165, 1.54) is 44.6 Å². The first-order valence-corrected chi connectivity index (χ1v) is 10.3. The summed E-state index contributed by atoms with van der Waals surface area (Å²) in [6.45, 7) is 2.29. The van der Waals surface area contributed by atoms with E-state index in [0.29, 0.717) is 6.42 Å². The van der Waals surface area contributed by atoms with Gasteiger partial charge in [0.2, 0.25) is 0 Å². The molecule has 2 heteroatoms. The molecule has 3 aliphatic carbocycles. The quantitative estimate of drug-likeness (QED) is 0.457. The standard InChI is InChI=1S/C22H34F2/c1-2-18-9-11-19(12-10-18)13-17-21(14-5-3-6-15-21)22(24)16-7-4-8-20(22)23/h7-8,16,18-19H,2-6,9-15,17H2,1H3. The molecule has 136 valence electrons. The van der Waals surface area contributed by atoms with Crippen molar-refractivity contribution in [2.75, 3.05) is 0 Å². The average Bonchev–Trinajstić information content (AvgIpc) is 2.63. The Bertz CT molecular complexity index is 464. The van der Waals surface area contributed by atoms with Gasteiger partial charge in [-0.2, -0.15) is 0 Å². The molecule has 0 aromatic carbocycles. The second kappa shape index (κ2) is 7.70. The molecule has 0 saturated heterocycles. The van der Waals surface area contributed by atoms with Crippen molar-refractivity contribution in [3.63, 3.8) is 0 Å². The third-order valence-electron chi connectivity index (χ3n) is 7.29. The summed E-state index contributed by atoms with van der Waals surface area (Å²) in [5.41, 5.74) is -2.34. The van der Waals surface area contributed by atoms with E-state index in [2.05, 4.69) is 6.92 Å². The number of rotatable bonds is 5. The monoisotopic (exact) mass is 336 g/mol. The van der Waals surface area contributed by atoms with Crippen molar-refractivity contribution >= 4 is 0 Å². The van der Waals surface area contributed by atoms with Crippen LogP contribution in [0.5, 0.6) is 0 Å². The van der Waals surface area contributed by atoms with Crippen molar-refractivity contribution in [3.05, 3.63) is 24.1 Å². The van der Waals surface area contributed by atoms with E-state index >= 15 is 4.39 Å². The predicted octanol–water partition coefficient (Wildman–Crippen LogP) is 7.46. The molecule has 0 amide bonds. The van der Waals surface area contributed by atoms with Gasteiger partial charge in [-0.15, -0.1) is 0 Å². The Morgan fingerprint density at radius 1 is 1.04 bits per heavy atom. The molecule has 0 bridgehead atoms. The molecule has 2 fully saturated rings. The van der Waals surface area contributed by atoms with Crippen LogP contribution in [0, 0.1) is 17.3 Å². The maximum Gasteiger partial charge on any atom is 0.185 e. The Balaban J connectivity index is 1.69. The highest BCUT2D eigenvalue weighted by molar-refractivity contribution is 5.30. The van der Waals surface area contributed by atoms with Crippen LogP contribution in [0.2, 0.25) is 0 Å². The van der Waals surface area contributed by atoms with E-state index in [4.69, 9.17) is 0 Å². The zero-order chi connectivity index (χ0) is 17.0. The zero-order valence-corrected chi connectivity index (χ0v) is 15.3. The van der Waals surface area contributed by atoms with Crippen LogP contribution in [0.25, 0.3) is 0 Å². The van der Waals surface area contributed by atoms with E-state index in [9.17, 15) is 4.39 Å². The molecular formula is C22H34F2. The predicted molar refractivity (Wildman–Crippen MR) is 97.3 cm³/mol. The lowest BCUT2D eigenvalue weighted by atomic mass is 9.59. The van der Waals surface area contributed by atoms with Crippen LogP contribution in [0.4, 0.5) is 8.78 Å². The zero-order valence-electron chi connectivity index (χ0n) is 15.3. The highest BCUT2D eigenvalue weighted by atomic mass is 19.2. The summed E-state index contributed by atoms with van der Waals surface area (Å²) in [6, 6.07) is 0. The first-order chi connectivity index (χ1) is 11.6. The fourth-order valence-corrected chi connectivity index (χ4v) is 5.49. The second-order valence-corrected chi connectivity index (χ2v) is 8.58. The van der Waals surface area contributed by atoms with E-state index in [1.54, 1.807) is 6.08 Å². The maximum atomic E-state index is 15.8. The molecular weight excluding hydrogens is 302 g/mol. The second-order valence-electron chi connectivity index (χ2n) is 8.58. The average molecular weight is 337 g/mol.